The van der Waals surface area contributed by atoms with Crippen LogP contribution in [0, 0.1) is 5.92 Å². The topological polar surface area (TPSA) is 59.2 Å². The van der Waals surface area contributed by atoms with E-state index in [9.17, 15) is 4.79 Å². The summed E-state index contributed by atoms with van der Waals surface area (Å²) in [6.45, 7) is 2.97. The second-order valence-electron chi connectivity index (χ2n) is 6.36. The summed E-state index contributed by atoms with van der Waals surface area (Å²) in [5.74, 6) is 0.221. The second-order valence-corrected chi connectivity index (χ2v) is 6.36. The maximum Gasteiger partial charge on any atom is 0.217 e. The van der Waals surface area contributed by atoms with Gasteiger partial charge in [-0.2, -0.15) is 0 Å². The Kier molecular flexibility index (Phi) is 5.03. The highest BCUT2D eigenvalue weighted by Gasteiger charge is 2.21. The zero-order valence-corrected chi connectivity index (χ0v) is 13.3. The Morgan fingerprint density at radius 1 is 1.26 bits per heavy atom. The molecule has 2 N–H and O–H groups in total. The molecule has 0 bridgehead atoms. The molecule has 0 radical (unpaired) electrons. The number of nitrogens with two attached hydrogens (primary N) is 1. The molecule has 1 amide bonds. The van der Waals surface area contributed by atoms with Gasteiger partial charge >= 0.3 is 0 Å². The highest BCUT2D eigenvalue weighted by molar-refractivity contribution is 5.74. The molecule has 1 saturated heterocycles. The molecule has 2 heterocycles. The SMILES string of the molecule is NC(=O)C[C@H]1CCCN(Cc2cccc(-c3cccnc3)c2)C1. The van der Waals surface area contributed by atoms with Gasteiger partial charge in [-0.1, -0.05) is 24.3 Å². The third-order valence-corrected chi connectivity index (χ3v) is 4.42. The van der Waals surface area contributed by atoms with Crippen molar-refractivity contribution < 1.29 is 4.79 Å². The van der Waals surface area contributed by atoms with E-state index in [4.69, 9.17) is 5.73 Å². The van der Waals surface area contributed by atoms with Gasteiger partial charge in [0.05, 0.1) is 0 Å². The third-order valence-electron chi connectivity index (χ3n) is 4.42. The molecule has 0 unspecified atom stereocenters. The van der Waals surface area contributed by atoms with E-state index in [1.807, 2.05) is 12.3 Å². The maximum absolute atomic E-state index is 11.1. The summed E-state index contributed by atoms with van der Waals surface area (Å²) in [6, 6.07) is 12.7. The quantitative estimate of drug-likeness (QED) is 0.924. The largest absolute Gasteiger partial charge is 0.370 e. The van der Waals surface area contributed by atoms with Crippen molar-refractivity contribution in [1.82, 2.24) is 9.88 Å². The first-order valence-corrected chi connectivity index (χ1v) is 8.21. The van der Waals surface area contributed by atoms with Crippen LogP contribution in [-0.4, -0.2) is 28.9 Å². The first-order chi connectivity index (χ1) is 11.2. The zero-order valence-electron chi connectivity index (χ0n) is 13.3. The van der Waals surface area contributed by atoms with E-state index in [1.54, 1.807) is 6.20 Å². The number of hydrogen-bond donors (Lipinski definition) is 1. The third kappa shape index (κ3) is 4.39. The minimum Gasteiger partial charge on any atom is -0.370 e. The Bertz CT molecular complexity index is 657. The fourth-order valence-corrected chi connectivity index (χ4v) is 3.39. The lowest BCUT2D eigenvalue weighted by Crippen LogP contribution is -2.36. The molecule has 2 aromatic rings. The van der Waals surface area contributed by atoms with Crippen molar-refractivity contribution in [2.75, 3.05) is 13.1 Å². The number of piperidine rings is 1. The molecule has 0 aliphatic carbocycles. The lowest BCUT2D eigenvalue weighted by atomic mass is 9.94. The van der Waals surface area contributed by atoms with Gasteiger partial charge in [0, 0.05) is 31.9 Å². The van der Waals surface area contributed by atoms with Crippen LogP contribution in [-0.2, 0) is 11.3 Å². The first-order valence-electron chi connectivity index (χ1n) is 8.21. The van der Waals surface area contributed by atoms with Crippen molar-refractivity contribution in [1.29, 1.82) is 0 Å². The number of carbonyl (C=O) groups excluding carboxylic acids is 1. The van der Waals surface area contributed by atoms with Crippen LogP contribution in [0.4, 0.5) is 0 Å². The summed E-state index contributed by atoms with van der Waals surface area (Å²) in [7, 11) is 0. The molecule has 4 heteroatoms. The van der Waals surface area contributed by atoms with Crippen molar-refractivity contribution in [3.63, 3.8) is 0 Å². The van der Waals surface area contributed by atoms with Crippen LogP contribution in [0.1, 0.15) is 24.8 Å². The van der Waals surface area contributed by atoms with Crippen LogP contribution in [0.5, 0.6) is 0 Å². The minimum absolute atomic E-state index is 0.185. The van der Waals surface area contributed by atoms with Gasteiger partial charge in [-0.25, -0.2) is 0 Å². The molecule has 0 spiro atoms. The van der Waals surface area contributed by atoms with Crippen molar-refractivity contribution >= 4 is 5.91 Å². The van der Waals surface area contributed by atoms with Gasteiger partial charge in [0.15, 0.2) is 0 Å². The number of nitrogens with zero attached hydrogens (tertiary/aromatic N) is 2. The van der Waals surface area contributed by atoms with E-state index in [0.717, 1.165) is 38.0 Å². The average Bonchev–Trinajstić information content (AvgIpc) is 2.56. The van der Waals surface area contributed by atoms with Crippen LogP contribution in [0.25, 0.3) is 11.1 Å². The molecule has 1 aliphatic rings. The Balaban J connectivity index is 1.67. The van der Waals surface area contributed by atoms with Crippen LogP contribution in [0.2, 0.25) is 0 Å². The summed E-state index contributed by atoms with van der Waals surface area (Å²) in [5, 5.41) is 0. The summed E-state index contributed by atoms with van der Waals surface area (Å²) in [4.78, 5) is 17.8. The van der Waals surface area contributed by atoms with Crippen LogP contribution < -0.4 is 5.73 Å². The molecule has 1 atom stereocenters. The lowest BCUT2D eigenvalue weighted by molar-refractivity contribution is -0.119. The Morgan fingerprint density at radius 3 is 2.91 bits per heavy atom. The molecule has 1 aromatic carbocycles. The van der Waals surface area contributed by atoms with Gasteiger partial charge < -0.3 is 5.73 Å². The Morgan fingerprint density at radius 2 is 2.13 bits per heavy atom. The van der Waals surface area contributed by atoms with Gasteiger partial charge in [-0.15, -0.1) is 0 Å². The molecule has 23 heavy (non-hydrogen) atoms. The molecule has 3 rings (SSSR count). The van der Waals surface area contributed by atoms with Gasteiger partial charge in [0.1, 0.15) is 0 Å². The maximum atomic E-state index is 11.1. The predicted molar refractivity (Wildman–Crippen MR) is 91.5 cm³/mol. The number of hydrogen-bond acceptors (Lipinski definition) is 3. The molecular weight excluding hydrogens is 286 g/mol. The first kappa shape index (κ1) is 15.7. The zero-order chi connectivity index (χ0) is 16.1. The number of primary amides is 1. The van der Waals surface area contributed by atoms with E-state index in [-0.39, 0.29) is 5.91 Å². The number of amides is 1. The Labute approximate surface area is 137 Å². The highest BCUT2D eigenvalue weighted by Crippen LogP contribution is 2.23. The van der Waals surface area contributed by atoms with E-state index >= 15 is 0 Å². The fourth-order valence-electron chi connectivity index (χ4n) is 3.39. The number of carbonyl (C=O) groups is 1. The predicted octanol–water partition coefficient (Wildman–Crippen LogP) is 2.84. The molecule has 1 aromatic heterocycles. The highest BCUT2D eigenvalue weighted by atomic mass is 16.1. The number of rotatable bonds is 5. The van der Waals surface area contributed by atoms with Gasteiger partial charge in [0.25, 0.3) is 0 Å². The number of aromatic nitrogens is 1. The number of likely N-dealkylation sites (tertiary alicyclic amines) is 1. The van der Waals surface area contributed by atoms with Crippen molar-refractivity contribution in [2.45, 2.75) is 25.8 Å². The summed E-state index contributed by atoms with van der Waals surface area (Å²) >= 11 is 0. The van der Waals surface area contributed by atoms with Gasteiger partial charge in [0.2, 0.25) is 5.91 Å². The van der Waals surface area contributed by atoms with Crippen LogP contribution >= 0.6 is 0 Å². The van der Waals surface area contributed by atoms with E-state index < -0.39 is 0 Å². The summed E-state index contributed by atoms with van der Waals surface area (Å²) < 4.78 is 0. The average molecular weight is 309 g/mol. The molecule has 4 nitrogen and oxygen atoms in total. The lowest BCUT2D eigenvalue weighted by Gasteiger charge is -2.32. The molecule has 1 aliphatic heterocycles. The second kappa shape index (κ2) is 7.38. The molecule has 0 saturated carbocycles. The van der Waals surface area contributed by atoms with Crippen molar-refractivity contribution in [2.24, 2.45) is 11.7 Å². The van der Waals surface area contributed by atoms with Crippen molar-refractivity contribution in [3.8, 4) is 11.1 Å². The van der Waals surface area contributed by atoms with E-state index in [0.29, 0.717) is 12.3 Å². The standard InChI is InChI=1S/C19H23N3O/c20-19(23)11-16-5-3-9-22(14-16)13-15-4-1-6-17(10-15)18-7-2-8-21-12-18/h1-2,4,6-8,10,12,16H,3,5,9,11,13-14H2,(H2,20,23)/t16-/m1/s1. The summed E-state index contributed by atoms with van der Waals surface area (Å²) in [6.07, 6.45) is 6.44. The number of benzene rings is 1. The normalized spacial score (nSPS) is 18.7. The number of pyridine rings is 1. The van der Waals surface area contributed by atoms with Crippen LogP contribution in [0.3, 0.4) is 0 Å². The molecule has 120 valence electrons. The van der Waals surface area contributed by atoms with Crippen LogP contribution in [0.15, 0.2) is 48.8 Å². The monoisotopic (exact) mass is 309 g/mol. The smallest absolute Gasteiger partial charge is 0.217 e. The van der Waals surface area contributed by atoms with E-state index in [2.05, 4.69) is 40.2 Å². The summed E-state index contributed by atoms with van der Waals surface area (Å²) in [5.41, 5.74) is 8.97. The fraction of sp³-hybridized carbons (Fsp3) is 0.368. The van der Waals surface area contributed by atoms with Crippen molar-refractivity contribution in [3.05, 3.63) is 54.4 Å². The Hall–Kier alpha value is -2.20. The minimum atomic E-state index is -0.185. The van der Waals surface area contributed by atoms with E-state index in [1.165, 1.54) is 11.1 Å². The molecular formula is C19H23N3O. The van der Waals surface area contributed by atoms with Gasteiger partial charge in [-0.3, -0.25) is 14.7 Å². The molecule has 1 fully saturated rings. The van der Waals surface area contributed by atoms with Gasteiger partial charge in [-0.05, 0) is 54.1 Å².